The number of likely N-dealkylation sites (tertiary alicyclic amines) is 1. The average Bonchev–Trinajstić information content (AvgIpc) is 3.54. The number of amides is 3. The Hall–Kier alpha value is -5.39. The van der Waals surface area contributed by atoms with Crippen LogP contribution in [0, 0.1) is 0 Å². The Morgan fingerprint density at radius 3 is 2.48 bits per heavy atom. The molecule has 3 fully saturated rings. The van der Waals surface area contributed by atoms with Crippen LogP contribution in [0.4, 0.5) is 5.69 Å². The molecule has 0 saturated carbocycles. The zero-order chi connectivity index (χ0) is 37.9. The molecule has 0 spiro atoms. The number of imide groups is 1. The van der Waals surface area contributed by atoms with Crippen LogP contribution >= 0.6 is 0 Å². The second kappa shape index (κ2) is 14.3. The fourth-order valence-electron chi connectivity index (χ4n) is 10.1. The van der Waals surface area contributed by atoms with Crippen molar-refractivity contribution in [3.63, 3.8) is 0 Å². The number of benzene rings is 4. The maximum Gasteiger partial charge on any atom is 0.255 e. The van der Waals surface area contributed by atoms with E-state index < -0.39 is 11.9 Å². The highest BCUT2D eigenvalue weighted by atomic mass is 16.5. The summed E-state index contributed by atoms with van der Waals surface area (Å²) in [5.41, 5.74) is 7.62. The summed E-state index contributed by atoms with van der Waals surface area (Å²) in [5.74, 6) is 1.71. The molecule has 3 amide bonds. The lowest BCUT2D eigenvalue weighted by Gasteiger charge is -2.52. The van der Waals surface area contributed by atoms with Crippen molar-refractivity contribution in [1.29, 1.82) is 0 Å². The lowest BCUT2D eigenvalue weighted by molar-refractivity contribution is -0.136. The van der Waals surface area contributed by atoms with Gasteiger partial charge in [-0.1, -0.05) is 48.5 Å². The number of phenols is 1. The summed E-state index contributed by atoms with van der Waals surface area (Å²) in [6.07, 6.45) is 2.58. The van der Waals surface area contributed by atoms with Gasteiger partial charge in [0.2, 0.25) is 11.8 Å². The Morgan fingerprint density at radius 1 is 0.821 bits per heavy atom. The van der Waals surface area contributed by atoms with Crippen LogP contribution in [0.25, 0.3) is 0 Å². The summed E-state index contributed by atoms with van der Waals surface area (Å²) < 4.78 is 12.7. The molecule has 0 radical (unpaired) electrons. The molecule has 1 aliphatic carbocycles. The number of nitrogens with one attached hydrogen (secondary N) is 1. The molecule has 4 atom stereocenters. The molecule has 5 heterocycles. The lowest BCUT2D eigenvalue weighted by Crippen LogP contribution is -2.66. The van der Waals surface area contributed by atoms with E-state index in [-0.39, 0.29) is 30.2 Å². The molecule has 288 valence electrons. The summed E-state index contributed by atoms with van der Waals surface area (Å²) in [4.78, 5) is 46.7. The van der Waals surface area contributed by atoms with Crippen LogP contribution in [-0.4, -0.2) is 108 Å². The molecular formula is C45H47N5O6. The van der Waals surface area contributed by atoms with Crippen molar-refractivity contribution < 1.29 is 29.0 Å². The number of ether oxygens (including phenoxy) is 2. The van der Waals surface area contributed by atoms with Gasteiger partial charge in [0, 0.05) is 68.8 Å². The highest BCUT2D eigenvalue weighted by Crippen LogP contribution is 2.47. The third kappa shape index (κ3) is 6.27. The van der Waals surface area contributed by atoms with E-state index in [0.29, 0.717) is 49.5 Å². The number of piperidine rings is 1. The van der Waals surface area contributed by atoms with E-state index in [9.17, 15) is 19.5 Å². The van der Waals surface area contributed by atoms with E-state index in [2.05, 4.69) is 80.7 Å². The highest BCUT2D eigenvalue weighted by molar-refractivity contribution is 6.06. The smallest absolute Gasteiger partial charge is 0.255 e. The number of carbonyl (C=O) groups is 3. The first-order chi connectivity index (χ1) is 27.4. The van der Waals surface area contributed by atoms with Crippen LogP contribution in [0.15, 0.2) is 84.9 Å². The predicted molar refractivity (Wildman–Crippen MR) is 210 cm³/mol. The first-order valence-corrected chi connectivity index (χ1v) is 20.1. The van der Waals surface area contributed by atoms with E-state index >= 15 is 0 Å². The highest BCUT2D eigenvalue weighted by Gasteiger charge is 2.44. The van der Waals surface area contributed by atoms with Crippen molar-refractivity contribution in [1.82, 2.24) is 20.0 Å². The molecular weight excluding hydrogens is 707 g/mol. The molecule has 0 bridgehead atoms. The summed E-state index contributed by atoms with van der Waals surface area (Å²) in [6.45, 7) is 7.22. The summed E-state index contributed by atoms with van der Waals surface area (Å²) in [7, 11) is 0. The number of phenolic OH excluding ortho intramolecular Hbond substituents is 1. The van der Waals surface area contributed by atoms with E-state index in [0.717, 1.165) is 74.9 Å². The summed E-state index contributed by atoms with van der Waals surface area (Å²) >= 11 is 0. The van der Waals surface area contributed by atoms with Crippen molar-refractivity contribution in [2.75, 3.05) is 57.4 Å². The van der Waals surface area contributed by atoms with Crippen molar-refractivity contribution in [3.05, 3.63) is 118 Å². The number of hydrogen-bond acceptors (Lipinski definition) is 9. The summed E-state index contributed by atoms with van der Waals surface area (Å²) in [5, 5.41) is 12.6. The van der Waals surface area contributed by atoms with Crippen molar-refractivity contribution >= 4 is 23.4 Å². The van der Waals surface area contributed by atoms with Gasteiger partial charge in [0.15, 0.2) is 0 Å². The SMILES string of the molecule is O=C1CC[C@H](N2Cc3c(ccc4c3OC[C@H]3CN(C5CN(CCOc6ccc([C@@H]7c8ccc(O)cc8CC[C@@H]7c7ccccc7)cc6)C5)CCN43)C2=O)C(=O)N1. The minimum atomic E-state index is -0.638. The Morgan fingerprint density at radius 2 is 1.66 bits per heavy atom. The molecule has 3 saturated heterocycles. The molecule has 11 nitrogen and oxygen atoms in total. The first kappa shape index (κ1) is 35.1. The zero-order valence-corrected chi connectivity index (χ0v) is 31.4. The minimum Gasteiger partial charge on any atom is -0.508 e. The molecule has 0 aromatic heterocycles. The van der Waals surface area contributed by atoms with Crippen molar-refractivity contribution in [3.8, 4) is 17.2 Å². The molecule has 10 rings (SSSR count). The van der Waals surface area contributed by atoms with Crippen LogP contribution in [-0.2, 0) is 22.6 Å². The second-order valence-electron chi connectivity index (χ2n) is 16.2. The van der Waals surface area contributed by atoms with Crippen molar-refractivity contribution in [2.24, 2.45) is 0 Å². The third-order valence-corrected chi connectivity index (χ3v) is 13.1. The van der Waals surface area contributed by atoms with Crippen LogP contribution in [0.2, 0.25) is 0 Å². The number of hydrogen-bond donors (Lipinski definition) is 2. The van der Waals surface area contributed by atoms with E-state index in [1.165, 1.54) is 22.3 Å². The van der Waals surface area contributed by atoms with Gasteiger partial charge in [0.1, 0.15) is 36.5 Å². The Bertz CT molecular complexity index is 2170. The zero-order valence-electron chi connectivity index (χ0n) is 31.4. The number of anilines is 1. The first-order valence-electron chi connectivity index (χ1n) is 20.1. The lowest BCUT2D eigenvalue weighted by atomic mass is 9.69. The van der Waals surface area contributed by atoms with Crippen LogP contribution in [0.1, 0.15) is 69.3 Å². The number of rotatable bonds is 8. The van der Waals surface area contributed by atoms with Gasteiger partial charge in [-0.15, -0.1) is 0 Å². The van der Waals surface area contributed by atoms with Crippen LogP contribution < -0.4 is 19.7 Å². The maximum atomic E-state index is 13.3. The Kier molecular flexibility index (Phi) is 8.94. The third-order valence-electron chi connectivity index (χ3n) is 13.1. The predicted octanol–water partition coefficient (Wildman–Crippen LogP) is 4.66. The molecule has 56 heavy (non-hydrogen) atoms. The van der Waals surface area contributed by atoms with E-state index in [1.54, 1.807) is 4.90 Å². The molecule has 6 aliphatic rings. The molecule has 4 aromatic rings. The molecule has 0 unspecified atom stereocenters. The summed E-state index contributed by atoms with van der Waals surface area (Å²) in [6, 6.07) is 29.3. The molecule has 4 aromatic carbocycles. The minimum absolute atomic E-state index is 0.174. The standard InChI is InChI=1S/C45H47N5O6/c51-33-9-13-36-30(22-33)8-12-35(28-4-2-1-3-5-28)42(36)29-6-10-34(11-7-29)55-21-20-47-23-31(24-47)48-18-19-49-32(25-48)27-56-43-38-26-50(40-16-17-41(52)46-44(40)53)45(54)37(38)14-15-39(43)49/h1-7,9-11,13-15,22,31-32,35,40,42,51H,8,12,16-21,23-27H2,(H,46,52,53)/t32-,35-,40+,42+/m1/s1. The Balaban J connectivity index is 0.719. The maximum absolute atomic E-state index is 13.3. The number of aromatic hydroxyl groups is 1. The van der Waals surface area contributed by atoms with Gasteiger partial charge in [-0.05, 0) is 83.8 Å². The van der Waals surface area contributed by atoms with Gasteiger partial charge in [-0.25, -0.2) is 0 Å². The number of aryl methyl sites for hydroxylation is 1. The number of carbonyl (C=O) groups excluding carboxylic acids is 3. The topological polar surface area (TPSA) is 115 Å². The Labute approximate surface area is 326 Å². The van der Waals surface area contributed by atoms with Gasteiger partial charge < -0.3 is 24.4 Å². The second-order valence-corrected chi connectivity index (χ2v) is 16.2. The normalized spacial score (nSPS) is 25.0. The van der Waals surface area contributed by atoms with Gasteiger partial charge in [-0.2, -0.15) is 0 Å². The average molecular weight is 754 g/mol. The monoisotopic (exact) mass is 753 g/mol. The van der Waals surface area contributed by atoms with Gasteiger partial charge in [0.25, 0.3) is 5.91 Å². The largest absolute Gasteiger partial charge is 0.508 e. The number of fused-ring (bicyclic) bond motifs is 6. The van der Waals surface area contributed by atoms with E-state index in [1.807, 2.05) is 24.3 Å². The van der Waals surface area contributed by atoms with Crippen LogP contribution in [0.5, 0.6) is 17.2 Å². The molecule has 11 heteroatoms. The van der Waals surface area contributed by atoms with Crippen LogP contribution in [0.3, 0.4) is 0 Å². The number of nitrogens with zero attached hydrogens (tertiary/aromatic N) is 4. The number of piperazine rings is 1. The van der Waals surface area contributed by atoms with Crippen molar-refractivity contribution in [2.45, 2.75) is 62.2 Å². The quantitative estimate of drug-likeness (QED) is 0.248. The molecule has 2 N–H and O–H groups in total. The van der Waals surface area contributed by atoms with Gasteiger partial charge >= 0.3 is 0 Å². The van der Waals surface area contributed by atoms with E-state index in [4.69, 9.17) is 9.47 Å². The fraction of sp³-hybridized carbons (Fsp3) is 0.400. The fourth-order valence-corrected chi connectivity index (χ4v) is 10.1. The van der Waals surface area contributed by atoms with Gasteiger partial charge in [0.05, 0.1) is 18.3 Å². The molecule has 5 aliphatic heterocycles. The van der Waals surface area contributed by atoms with Gasteiger partial charge in [-0.3, -0.25) is 29.5 Å².